The highest BCUT2D eigenvalue weighted by Gasteiger charge is 2.36. The molecule has 0 spiro atoms. The lowest BCUT2D eigenvalue weighted by Gasteiger charge is -2.41. The molecule has 1 saturated heterocycles. The van der Waals surface area contributed by atoms with Crippen molar-refractivity contribution in [2.45, 2.75) is 24.9 Å². The highest BCUT2D eigenvalue weighted by molar-refractivity contribution is 5.96. The molecule has 2 aromatic rings. The molecule has 4 heterocycles. The van der Waals surface area contributed by atoms with Crippen LogP contribution >= 0.6 is 0 Å². The maximum Gasteiger partial charge on any atom is 0.339 e. The summed E-state index contributed by atoms with van der Waals surface area (Å²) in [5.41, 5.74) is 2.96. The van der Waals surface area contributed by atoms with Gasteiger partial charge in [0.1, 0.15) is 5.82 Å². The summed E-state index contributed by atoms with van der Waals surface area (Å²) in [5, 5.41) is 11.5. The van der Waals surface area contributed by atoms with Crippen LogP contribution in [0.25, 0.3) is 10.9 Å². The number of carbonyl (C=O) groups is 1. The molecule has 0 saturated carbocycles. The van der Waals surface area contributed by atoms with Gasteiger partial charge in [-0.25, -0.2) is 4.79 Å². The first-order valence-electron chi connectivity index (χ1n) is 7.75. The second-order valence-corrected chi connectivity index (χ2v) is 6.23. The number of esters is 1. The highest BCUT2D eigenvalue weighted by atomic mass is 16.5. The van der Waals surface area contributed by atoms with Crippen LogP contribution in [0.15, 0.2) is 18.2 Å². The van der Waals surface area contributed by atoms with E-state index in [9.17, 15) is 9.90 Å². The molecule has 5 nitrogen and oxygen atoms in total. The van der Waals surface area contributed by atoms with Crippen molar-refractivity contribution in [3.05, 3.63) is 29.3 Å². The highest BCUT2D eigenvalue weighted by Crippen LogP contribution is 2.48. The summed E-state index contributed by atoms with van der Waals surface area (Å²) in [7, 11) is 3.32. The summed E-state index contributed by atoms with van der Waals surface area (Å²) in [5.74, 6) is 1.23. The molecule has 22 heavy (non-hydrogen) atoms. The van der Waals surface area contributed by atoms with E-state index in [1.165, 1.54) is 31.3 Å². The third-order valence-corrected chi connectivity index (χ3v) is 5.17. The number of aromatic nitrogens is 1. The Morgan fingerprint density at radius 2 is 2.09 bits per heavy atom. The minimum absolute atomic E-state index is 0.592. The van der Waals surface area contributed by atoms with E-state index in [0.29, 0.717) is 11.5 Å². The average Bonchev–Trinajstić information content (AvgIpc) is 2.90. The number of methoxy groups -OCH3 is 1. The number of hydrogen-bond donors (Lipinski definition) is 1. The van der Waals surface area contributed by atoms with Crippen LogP contribution in [0, 0.1) is 0 Å². The smallest absolute Gasteiger partial charge is 0.339 e. The van der Waals surface area contributed by atoms with Gasteiger partial charge in [-0.2, -0.15) is 0 Å². The summed E-state index contributed by atoms with van der Waals surface area (Å²) in [6.07, 6.45) is 1.14. The van der Waals surface area contributed by atoms with E-state index in [1.807, 2.05) is 19.2 Å². The average molecular weight is 300 g/mol. The van der Waals surface area contributed by atoms with Crippen molar-refractivity contribution in [1.29, 1.82) is 0 Å². The van der Waals surface area contributed by atoms with E-state index in [1.54, 1.807) is 0 Å². The number of carbonyl (C=O) groups excluding carboxylic acids is 1. The zero-order valence-electron chi connectivity index (χ0n) is 12.9. The zero-order chi connectivity index (χ0) is 15.4. The largest absolute Gasteiger partial charge is 0.467 e. The van der Waals surface area contributed by atoms with Gasteiger partial charge < -0.3 is 19.3 Å². The van der Waals surface area contributed by atoms with Crippen LogP contribution in [0.4, 0.5) is 5.82 Å². The number of anilines is 1. The fraction of sp³-hybridized carbons (Fsp3) is 0.471. The monoisotopic (exact) mass is 300 g/mol. The minimum atomic E-state index is -1.24. The van der Waals surface area contributed by atoms with Crippen LogP contribution in [0.1, 0.15) is 36.0 Å². The lowest BCUT2D eigenvalue weighted by atomic mass is 9.84. The van der Waals surface area contributed by atoms with Gasteiger partial charge in [0.25, 0.3) is 0 Å². The third kappa shape index (κ3) is 1.66. The van der Waals surface area contributed by atoms with E-state index in [2.05, 4.69) is 15.5 Å². The van der Waals surface area contributed by atoms with E-state index >= 15 is 0 Å². The normalized spacial score (nSPS) is 18.6. The first-order chi connectivity index (χ1) is 10.6. The van der Waals surface area contributed by atoms with Gasteiger partial charge in [0.15, 0.2) is 6.10 Å². The van der Waals surface area contributed by atoms with Crippen LogP contribution in [0.2, 0.25) is 0 Å². The molecule has 1 aromatic heterocycles. The summed E-state index contributed by atoms with van der Waals surface area (Å²) < 4.78 is 6.84. The molecule has 1 aromatic carbocycles. The number of rotatable bonds is 2. The van der Waals surface area contributed by atoms with Gasteiger partial charge in [0, 0.05) is 36.7 Å². The molecule has 1 unspecified atom stereocenters. The van der Waals surface area contributed by atoms with Crippen LogP contribution in [0.5, 0.6) is 0 Å². The predicted octanol–water partition coefficient (Wildman–Crippen LogP) is 2.08. The SMILES string of the molecule is COC(=O)C(O)c1cccc2c3c(n(C)c12)N1CCC3CC1. The number of aryl methyl sites for hydroxylation is 1. The van der Waals surface area contributed by atoms with Gasteiger partial charge in [-0.3, -0.25) is 0 Å². The van der Waals surface area contributed by atoms with Crippen molar-refractivity contribution in [1.82, 2.24) is 4.57 Å². The van der Waals surface area contributed by atoms with E-state index in [4.69, 9.17) is 4.74 Å². The Balaban J connectivity index is 1.99. The van der Waals surface area contributed by atoms with Crippen molar-refractivity contribution >= 4 is 22.7 Å². The molecular formula is C17H20N2O3. The Bertz CT molecular complexity index is 757. The molecule has 3 aliphatic rings. The zero-order valence-corrected chi connectivity index (χ0v) is 12.9. The number of hydrogen-bond acceptors (Lipinski definition) is 4. The van der Waals surface area contributed by atoms with Crippen molar-refractivity contribution in [3.63, 3.8) is 0 Å². The number of fused-ring (bicyclic) bond motifs is 3. The van der Waals surface area contributed by atoms with Crippen molar-refractivity contribution < 1.29 is 14.6 Å². The van der Waals surface area contributed by atoms with Gasteiger partial charge in [0.2, 0.25) is 0 Å². The maximum atomic E-state index is 11.8. The Morgan fingerprint density at radius 3 is 2.77 bits per heavy atom. The first-order valence-corrected chi connectivity index (χ1v) is 7.75. The maximum absolute atomic E-state index is 11.8. The lowest BCUT2D eigenvalue weighted by Crippen LogP contribution is -2.39. The molecule has 1 atom stereocenters. The van der Waals surface area contributed by atoms with E-state index in [0.717, 1.165) is 24.0 Å². The fourth-order valence-electron chi connectivity index (χ4n) is 4.18. The van der Waals surface area contributed by atoms with Gasteiger partial charge >= 0.3 is 5.97 Å². The standard InChI is InChI=1S/C17H20N2O3/c1-18-14-11(4-3-5-12(14)15(20)17(21)22-2)13-10-6-8-19(9-7-10)16(13)18/h3-5,10,15,20H,6-9H2,1-2H3. The second kappa shape index (κ2) is 4.74. The lowest BCUT2D eigenvalue weighted by molar-refractivity contribution is -0.150. The number of para-hydroxylation sites is 1. The number of aliphatic hydroxyl groups is 1. The molecule has 3 aliphatic heterocycles. The molecular weight excluding hydrogens is 280 g/mol. The van der Waals surface area contributed by atoms with E-state index < -0.39 is 12.1 Å². The molecule has 116 valence electrons. The van der Waals surface area contributed by atoms with Crippen LogP contribution in [-0.4, -0.2) is 35.8 Å². The van der Waals surface area contributed by atoms with Crippen LogP contribution in [-0.2, 0) is 16.6 Å². The van der Waals surface area contributed by atoms with Gasteiger partial charge in [-0.1, -0.05) is 18.2 Å². The number of ether oxygens (including phenoxy) is 1. The molecule has 1 N–H and O–H groups in total. The Kier molecular flexibility index (Phi) is 2.94. The number of nitrogens with zero attached hydrogens (tertiary/aromatic N) is 2. The Morgan fingerprint density at radius 1 is 1.36 bits per heavy atom. The molecule has 0 amide bonds. The molecule has 0 aliphatic carbocycles. The predicted molar refractivity (Wildman–Crippen MR) is 84.1 cm³/mol. The van der Waals surface area contributed by atoms with Crippen molar-refractivity contribution in [3.8, 4) is 0 Å². The minimum Gasteiger partial charge on any atom is -0.467 e. The number of aliphatic hydroxyl groups excluding tert-OH is 1. The van der Waals surface area contributed by atoms with Crippen molar-refractivity contribution in [2.75, 3.05) is 25.1 Å². The van der Waals surface area contributed by atoms with Gasteiger partial charge in [0.05, 0.1) is 12.6 Å². The summed E-state index contributed by atoms with van der Waals surface area (Å²) in [6, 6.07) is 5.83. The van der Waals surface area contributed by atoms with Crippen LogP contribution < -0.4 is 4.90 Å². The quantitative estimate of drug-likeness (QED) is 0.863. The third-order valence-electron chi connectivity index (χ3n) is 5.17. The Hall–Kier alpha value is -2.01. The topological polar surface area (TPSA) is 54.7 Å². The van der Waals surface area contributed by atoms with E-state index in [-0.39, 0.29) is 0 Å². The summed E-state index contributed by atoms with van der Waals surface area (Å²) >= 11 is 0. The molecule has 5 rings (SSSR count). The molecule has 1 fully saturated rings. The molecule has 5 heteroatoms. The Labute approximate surface area is 129 Å². The second-order valence-electron chi connectivity index (χ2n) is 6.23. The number of benzene rings is 1. The van der Waals surface area contributed by atoms with Gasteiger partial charge in [-0.05, 0) is 18.8 Å². The fourth-order valence-corrected chi connectivity index (χ4v) is 4.18. The molecule has 0 radical (unpaired) electrons. The van der Waals surface area contributed by atoms with Crippen LogP contribution in [0.3, 0.4) is 0 Å². The molecule has 2 bridgehead atoms. The van der Waals surface area contributed by atoms with Crippen molar-refractivity contribution in [2.24, 2.45) is 7.05 Å². The first kappa shape index (κ1) is 13.6. The number of piperidine rings is 1. The summed E-state index contributed by atoms with van der Waals surface area (Å²) in [4.78, 5) is 14.2. The van der Waals surface area contributed by atoms with Gasteiger partial charge in [-0.15, -0.1) is 0 Å². The summed E-state index contributed by atoms with van der Waals surface area (Å²) in [6.45, 7) is 2.19.